The molecular weight excluding hydrogens is 242 g/mol. The Kier molecular flexibility index (Phi) is 3.85. The van der Waals surface area contributed by atoms with Crippen molar-refractivity contribution in [2.75, 3.05) is 12.3 Å². The van der Waals surface area contributed by atoms with Crippen molar-refractivity contribution in [1.29, 1.82) is 0 Å². The van der Waals surface area contributed by atoms with E-state index >= 15 is 0 Å². The Morgan fingerprint density at radius 2 is 2.26 bits per heavy atom. The van der Waals surface area contributed by atoms with Crippen LogP contribution in [-0.4, -0.2) is 22.4 Å². The second kappa shape index (κ2) is 5.56. The molecule has 0 aliphatic carbocycles. The van der Waals surface area contributed by atoms with Gasteiger partial charge in [0.05, 0.1) is 19.3 Å². The Balaban J connectivity index is 2.20. The van der Waals surface area contributed by atoms with Crippen LogP contribution >= 0.6 is 0 Å². The molecule has 5 heteroatoms. The standard InChI is InChI=1S/C14H17N3O2/c1-3-19-14(18)12-8-16-17(13(12)15)9-11-6-4-5-10(2)7-11/h4-8H,3,9,15H2,1-2H3. The number of nitrogens with two attached hydrogens (primary N) is 1. The summed E-state index contributed by atoms with van der Waals surface area (Å²) in [5, 5.41) is 4.13. The summed E-state index contributed by atoms with van der Waals surface area (Å²) in [5.41, 5.74) is 8.50. The number of nitrogens with zero attached hydrogens (tertiary/aromatic N) is 2. The van der Waals surface area contributed by atoms with Gasteiger partial charge >= 0.3 is 5.97 Å². The molecule has 2 rings (SSSR count). The van der Waals surface area contributed by atoms with E-state index in [4.69, 9.17) is 10.5 Å². The smallest absolute Gasteiger partial charge is 0.343 e. The highest BCUT2D eigenvalue weighted by Crippen LogP contribution is 2.15. The molecule has 1 heterocycles. The number of esters is 1. The van der Waals surface area contributed by atoms with Gasteiger partial charge in [-0.15, -0.1) is 0 Å². The van der Waals surface area contributed by atoms with Crippen LogP contribution in [0.1, 0.15) is 28.4 Å². The van der Waals surface area contributed by atoms with E-state index in [9.17, 15) is 4.79 Å². The van der Waals surface area contributed by atoms with E-state index in [-0.39, 0.29) is 0 Å². The third kappa shape index (κ3) is 2.93. The molecule has 0 bridgehead atoms. The van der Waals surface area contributed by atoms with E-state index in [0.717, 1.165) is 5.56 Å². The summed E-state index contributed by atoms with van der Waals surface area (Å²) in [5.74, 6) is -0.101. The number of nitrogen functional groups attached to an aromatic ring is 1. The van der Waals surface area contributed by atoms with E-state index < -0.39 is 5.97 Å². The van der Waals surface area contributed by atoms with E-state index in [0.29, 0.717) is 24.5 Å². The van der Waals surface area contributed by atoms with Gasteiger partial charge in [0.2, 0.25) is 0 Å². The molecule has 0 saturated heterocycles. The number of aromatic nitrogens is 2. The van der Waals surface area contributed by atoms with Gasteiger partial charge in [-0.3, -0.25) is 0 Å². The summed E-state index contributed by atoms with van der Waals surface area (Å²) >= 11 is 0. The third-order valence-electron chi connectivity index (χ3n) is 2.79. The molecule has 0 amide bonds. The zero-order valence-corrected chi connectivity index (χ0v) is 11.1. The molecular formula is C14H17N3O2. The molecule has 0 saturated carbocycles. The van der Waals surface area contributed by atoms with Gasteiger partial charge in [0.1, 0.15) is 11.4 Å². The van der Waals surface area contributed by atoms with Gasteiger partial charge < -0.3 is 10.5 Å². The van der Waals surface area contributed by atoms with Crippen molar-refractivity contribution in [2.24, 2.45) is 0 Å². The second-order valence-electron chi connectivity index (χ2n) is 4.31. The SMILES string of the molecule is CCOC(=O)c1cnn(Cc2cccc(C)c2)c1N. The first-order valence-electron chi connectivity index (χ1n) is 6.15. The van der Waals surface area contributed by atoms with Gasteiger partial charge in [0, 0.05) is 0 Å². The van der Waals surface area contributed by atoms with Crippen LogP contribution in [0.15, 0.2) is 30.5 Å². The second-order valence-corrected chi connectivity index (χ2v) is 4.31. The largest absolute Gasteiger partial charge is 0.462 e. The highest BCUT2D eigenvalue weighted by Gasteiger charge is 2.16. The molecule has 0 fully saturated rings. The number of carbonyl (C=O) groups is 1. The minimum atomic E-state index is -0.435. The lowest BCUT2D eigenvalue weighted by Gasteiger charge is -2.06. The first kappa shape index (κ1) is 13.1. The zero-order chi connectivity index (χ0) is 13.8. The topological polar surface area (TPSA) is 70.1 Å². The number of anilines is 1. The Labute approximate surface area is 112 Å². The lowest BCUT2D eigenvalue weighted by molar-refractivity contribution is 0.0527. The number of carbonyl (C=O) groups excluding carboxylic acids is 1. The molecule has 1 aromatic heterocycles. The molecule has 5 nitrogen and oxygen atoms in total. The van der Waals surface area contributed by atoms with Crippen molar-refractivity contribution in [2.45, 2.75) is 20.4 Å². The number of aryl methyl sites for hydroxylation is 1. The predicted octanol–water partition coefficient (Wildman–Crippen LogP) is 2.00. The van der Waals surface area contributed by atoms with Crippen molar-refractivity contribution in [1.82, 2.24) is 9.78 Å². The molecule has 2 aromatic rings. The Hall–Kier alpha value is -2.30. The Morgan fingerprint density at radius 3 is 2.95 bits per heavy atom. The summed E-state index contributed by atoms with van der Waals surface area (Å²) < 4.78 is 6.52. The van der Waals surface area contributed by atoms with E-state index in [1.54, 1.807) is 11.6 Å². The molecule has 0 radical (unpaired) electrons. The molecule has 0 spiro atoms. The van der Waals surface area contributed by atoms with E-state index in [1.165, 1.54) is 11.8 Å². The van der Waals surface area contributed by atoms with Gasteiger partial charge in [0.25, 0.3) is 0 Å². The van der Waals surface area contributed by atoms with Gasteiger partial charge in [-0.2, -0.15) is 5.10 Å². The first-order valence-corrected chi connectivity index (χ1v) is 6.15. The number of benzene rings is 1. The highest BCUT2D eigenvalue weighted by molar-refractivity contribution is 5.93. The van der Waals surface area contributed by atoms with Gasteiger partial charge in [-0.25, -0.2) is 9.48 Å². The lowest BCUT2D eigenvalue weighted by atomic mass is 10.1. The minimum Gasteiger partial charge on any atom is -0.462 e. The van der Waals surface area contributed by atoms with Crippen LogP contribution in [0.25, 0.3) is 0 Å². The van der Waals surface area contributed by atoms with Crippen LogP contribution in [0, 0.1) is 6.92 Å². The average molecular weight is 259 g/mol. The summed E-state index contributed by atoms with van der Waals surface area (Å²) in [6.07, 6.45) is 1.45. The van der Waals surface area contributed by atoms with Crippen molar-refractivity contribution < 1.29 is 9.53 Å². The monoisotopic (exact) mass is 259 g/mol. The maximum atomic E-state index is 11.6. The third-order valence-corrected chi connectivity index (χ3v) is 2.79. The van der Waals surface area contributed by atoms with Crippen LogP contribution in [0.5, 0.6) is 0 Å². The summed E-state index contributed by atoms with van der Waals surface area (Å²) in [7, 11) is 0. The quantitative estimate of drug-likeness (QED) is 0.852. The zero-order valence-electron chi connectivity index (χ0n) is 11.1. The first-order chi connectivity index (χ1) is 9.11. The summed E-state index contributed by atoms with van der Waals surface area (Å²) in [4.78, 5) is 11.6. The highest BCUT2D eigenvalue weighted by atomic mass is 16.5. The van der Waals surface area contributed by atoms with Gasteiger partial charge in [-0.1, -0.05) is 29.8 Å². The summed E-state index contributed by atoms with van der Waals surface area (Å²) in [6, 6.07) is 8.07. The normalized spacial score (nSPS) is 10.4. The molecule has 100 valence electrons. The van der Waals surface area contributed by atoms with E-state index in [2.05, 4.69) is 11.2 Å². The fourth-order valence-electron chi connectivity index (χ4n) is 1.87. The van der Waals surface area contributed by atoms with Crippen molar-refractivity contribution in [3.8, 4) is 0 Å². The van der Waals surface area contributed by atoms with Crippen molar-refractivity contribution in [3.05, 3.63) is 47.2 Å². The molecule has 0 aliphatic rings. The van der Waals surface area contributed by atoms with Crippen LogP contribution in [0.4, 0.5) is 5.82 Å². The maximum absolute atomic E-state index is 11.6. The molecule has 0 unspecified atom stereocenters. The number of hydrogen-bond acceptors (Lipinski definition) is 4. The summed E-state index contributed by atoms with van der Waals surface area (Å²) in [6.45, 7) is 4.64. The van der Waals surface area contributed by atoms with Crippen molar-refractivity contribution in [3.63, 3.8) is 0 Å². The maximum Gasteiger partial charge on any atom is 0.343 e. The molecule has 0 atom stereocenters. The number of hydrogen-bond donors (Lipinski definition) is 1. The Morgan fingerprint density at radius 1 is 1.47 bits per heavy atom. The van der Waals surface area contributed by atoms with E-state index in [1.807, 2.05) is 25.1 Å². The lowest BCUT2D eigenvalue weighted by Crippen LogP contribution is -2.10. The fourth-order valence-corrected chi connectivity index (χ4v) is 1.87. The molecule has 19 heavy (non-hydrogen) atoms. The fraction of sp³-hybridized carbons (Fsp3) is 0.286. The van der Waals surface area contributed by atoms with Crippen LogP contribution in [0.2, 0.25) is 0 Å². The number of rotatable bonds is 4. The van der Waals surface area contributed by atoms with Crippen LogP contribution < -0.4 is 5.73 Å². The average Bonchev–Trinajstić information content (AvgIpc) is 2.71. The van der Waals surface area contributed by atoms with Crippen LogP contribution in [0.3, 0.4) is 0 Å². The molecule has 2 N–H and O–H groups in total. The van der Waals surface area contributed by atoms with Gasteiger partial charge in [-0.05, 0) is 19.4 Å². The Bertz CT molecular complexity index is 590. The van der Waals surface area contributed by atoms with Crippen molar-refractivity contribution >= 4 is 11.8 Å². The minimum absolute atomic E-state index is 0.314. The molecule has 1 aromatic carbocycles. The van der Waals surface area contributed by atoms with Gasteiger partial charge in [0.15, 0.2) is 0 Å². The number of ether oxygens (including phenoxy) is 1. The van der Waals surface area contributed by atoms with Crippen LogP contribution in [-0.2, 0) is 11.3 Å². The molecule has 0 aliphatic heterocycles. The predicted molar refractivity (Wildman–Crippen MR) is 72.9 cm³/mol.